The molecule has 1 aromatic carbocycles. The second-order valence-electron chi connectivity index (χ2n) is 7.78. The average molecular weight is 254 g/mol. The molecule has 0 unspecified atom stereocenters. The second kappa shape index (κ2) is 4.36. The predicted molar refractivity (Wildman–Crippen MR) is 80.3 cm³/mol. The quantitative estimate of drug-likeness (QED) is 0.667. The lowest BCUT2D eigenvalue weighted by molar-refractivity contribution is -0.00278. The van der Waals surface area contributed by atoms with Crippen molar-refractivity contribution in [1.82, 2.24) is 0 Å². The lowest BCUT2D eigenvalue weighted by Crippen LogP contribution is -2.43. The molecular formula is C19H26. The first-order valence-electron chi connectivity index (χ1n) is 8.30. The fraction of sp³-hybridized carbons (Fsp3) is 0.684. The Morgan fingerprint density at radius 3 is 1.79 bits per heavy atom. The van der Waals surface area contributed by atoms with E-state index in [1.165, 1.54) is 31.2 Å². The number of hydrogen-bond donors (Lipinski definition) is 0. The molecule has 0 aromatic heterocycles. The molecule has 0 aliphatic heterocycles. The monoisotopic (exact) mass is 254 g/mol. The second-order valence-corrected chi connectivity index (χ2v) is 7.78. The fourth-order valence-electron chi connectivity index (χ4n) is 5.57. The van der Waals surface area contributed by atoms with Crippen LogP contribution in [0.15, 0.2) is 24.3 Å². The largest absolute Gasteiger partial charge is 0.0587 e. The molecule has 0 heterocycles. The van der Waals surface area contributed by atoms with Gasteiger partial charge in [-0.25, -0.2) is 0 Å². The third kappa shape index (κ3) is 1.95. The highest BCUT2D eigenvalue weighted by atomic mass is 14.5. The SMILES string of the molecule is CC(C)c1ccc(C2C3CC4CC(C3)CC2C4)cc1. The summed E-state index contributed by atoms with van der Waals surface area (Å²) in [5, 5.41) is 0. The summed E-state index contributed by atoms with van der Waals surface area (Å²) in [4.78, 5) is 0. The van der Waals surface area contributed by atoms with E-state index in [0.717, 1.165) is 29.6 Å². The van der Waals surface area contributed by atoms with Crippen LogP contribution in [0.4, 0.5) is 0 Å². The van der Waals surface area contributed by atoms with Crippen LogP contribution in [-0.2, 0) is 0 Å². The van der Waals surface area contributed by atoms with E-state index in [9.17, 15) is 0 Å². The molecule has 0 N–H and O–H groups in total. The Balaban J connectivity index is 1.62. The van der Waals surface area contributed by atoms with E-state index < -0.39 is 0 Å². The van der Waals surface area contributed by atoms with Crippen molar-refractivity contribution in [2.45, 2.75) is 57.8 Å². The summed E-state index contributed by atoms with van der Waals surface area (Å²) < 4.78 is 0. The molecule has 102 valence electrons. The Bertz CT molecular complexity index is 425. The van der Waals surface area contributed by atoms with Gasteiger partial charge in [-0.05, 0) is 78.7 Å². The van der Waals surface area contributed by atoms with Crippen molar-refractivity contribution in [1.29, 1.82) is 0 Å². The van der Waals surface area contributed by atoms with Crippen LogP contribution >= 0.6 is 0 Å². The minimum Gasteiger partial charge on any atom is -0.0587 e. The van der Waals surface area contributed by atoms with Gasteiger partial charge in [-0.15, -0.1) is 0 Å². The van der Waals surface area contributed by atoms with Gasteiger partial charge in [-0.3, -0.25) is 0 Å². The van der Waals surface area contributed by atoms with Gasteiger partial charge in [0.25, 0.3) is 0 Å². The van der Waals surface area contributed by atoms with Gasteiger partial charge in [0.05, 0.1) is 0 Å². The number of hydrogen-bond acceptors (Lipinski definition) is 0. The van der Waals surface area contributed by atoms with Crippen LogP contribution in [0.25, 0.3) is 0 Å². The summed E-state index contributed by atoms with van der Waals surface area (Å²) in [5.74, 6) is 5.77. The third-order valence-corrected chi connectivity index (χ3v) is 6.21. The van der Waals surface area contributed by atoms with Crippen molar-refractivity contribution in [3.63, 3.8) is 0 Å². The lowest BCUT2D eigenvalue weighted by atomic mass is 9.51. The minimum atomic E-state index is 0.660. The predicted octanol–water partition coefficient (Wildman–Crippen LogP) is 5.35. The summed E-state index contributed by atoms with van der Waals surface area (Å²) in [7, 11) is 0. The van der Waals surface area contributed by atoms with Crippen LogP contribution in [0.2, 0.25) is 0 Å². The summed E-state index contributed by atoms with van der Waals surface area (Å²) in [6.45, 7) is 4.58. The molecule has 4 bridgehead atoms. The van der Waals surface area contributed by atoms with Crippen molar-refractivity contribution in [3.8, 4) is 0 Å². The van der Waals surface area contributed by atoms with E-state index in [1.54, 1.807) is 12.0 Å². The molecule has 0 nitrogen and oxygen atoms in total. The summed E-state index contributed by atoms with van der Waals surface area (Å²) in [6, 6.07) is 9.65. The highest BCUT2D eigenvalue weighted by Gasteiger charge is 2.48. The van der Waals surface area contributed by atoms with Crippen LogP contribution in [0.3, 0.4) is 0 Å². The van der Waals surface area contributed by atoms with E-state index in [-0.39, 0.29) is 0 Å². The van der Waals surface area contributed by atoms with Gasteiger partial charge in [0.15, 0.2) is 0 Å². The van der Waals surface area contributed by atoms with E-state index in [4.69, 9.17) is 0 Å². The van der Waals surface area contributed by atoms with Crippen molar-refractivity contribution in [2.75, 3.05) is 0 Å². The molecule has 4 fully saturated rings. The first kappa shape index (κ1) is 12.0. The van der Waals surface area contributed by atoms with E-state index in [0.29, 0.717) is 5.92 Å². The average Bonchev–Trinajstić information content (AvgIpc) is 2.38. The molecule has 19 heavy (non-hydrogen) atoms. The van der Waals surface area contributed by atoms with Crippen LogP contribution in [0.1, 0.15) is 68.9 Å². The fourth-order valence-corrected chi connectivity index (χ4v) is 5.57. The van der Waals surface area contributed by atoms with Gasteiger partial charge >= 0.3 is 0 Å². The highest BCUT2D eigenvalue weighted by Crippen LogP contribution is 2.59. The molecule has 4 aliphatic carbocycles. The summed E-state index contributed by atoms with van der Waals surface area (Å²) >= 11 is 0. The van der Waals surface area contributed by atoms with E-state index in [1.807, 2.05) is 0 Å². The molecule has 1 aromatic rings. The van der Waals surface area contributed by atoms with E-state index in [2.05, 4.69) is 38.1 Å². The zero-order chi connectivity index (χ0) is 13.0. The van der Waals surface area contributed by atoms with Gasteiger partial charge in [-0.2, -0.15) is 0 Å². The molecule has 0 spiro atoms. The molecule has 0 heteroatoms. The molecule has 0 atom stereocenters. The third-order valence-electron chi connectivity index (χ3n) is 6.21. The van der Waals surface area contributed by atoms with Crippen molar-refractivity contribution < 1.29 is 0 Å². The van der Waals surface area contributed by atoms with E-state index >= 15 is 0 Å². The Labute approximate surface area is 117 Å². The number of benzene rings is 1. The lowest BCUT2D eigenvalue weighted by Gasteiger charge is -2.54. The van der Waals surface area contributed by atoms with Crippen LogP contribution in [-0.4, -0.2) is 0 Å². The van der Waals surface area contributed by atoms with Crippen LogP contribution < -0.4 is 0 Å². The molecule has 0 radical (unpaired) electrons. The first-order chi connectivity index (χ1) is 9.20. The van der Waals surface area contributed by atoms with Crippen molar-refractivity contribution >= 4 is 0 Å². The first-order valence-corrected chi connectivity index (χ1v) is 8.30. The zero-order valence-corrected chi connectivity index (χ0v) is 12.3. The Hall–Kier alpha value is -0.780. The smallest absolute Gasteiger partial charge is 0.0105 e. The maximum atomic E-state index is 2.45. The minimum absolute atomic E-state index is 0.660. The Morgan fingerprint density at radius 2 is 1.32 bits per heavy atom. The maximum Gasteiger partial charge on any atom is -0.0105 e. The van der Waals surface area contributed by atoms with Gasteiger partial charge < -0.3 is 0 Å². The van der Waals surface area contributed by atoms with Gasteiger partial charge in [0.2, 0.25) is 0 Å². The standard InChI is InChI=1S/C19H26/c1-12(2)15-3-5-16(6-4-15)19-17-8-13-7-14(10-17)11-18(19)9-13/h3-6,12-14,17-19H,7-11H2,1-2H3. The van der Waals surface area contributed by atoms with Gasteiger partial charge in [-0.1, -0.05) is 38.1 Å². The summed E-state index contributed by atoms with van der Waals surface area (Å²) in [5.41, 5.74) is 3.14. The molecule has 0 amide bonds. The molecular weight excluding hydrogens is 228 g/mol. The molecule has 4 saturated carbocycles. The number of rotatable bonds is 2. The molecule has 5 rings (SSSR count). The molecule has 0 saturated heterocycles. The summed E-state index contributed by atoms with van der Waals surface area (Å²) in [6.07, 6.45) is 7.69. The maximum absolute atomic E-state index is 2.45. The van der Waals surface area contributed by atoms with Gasteiger partial charge in [0, 0.05) is 0 Å². The van der Waals surface area contributed by atoms with Crippen molar-refractivity contribution in [2.24, 2.45) is 23.7 Å². The van der Waals surface area contributed by atoms with Gasteiger partial charge in [0.1, 0.15) is 0 Å². The molecule has 4 aliphatic rings. The zero-order valence-electron chi connectivity index (χ0n) is 12.3. The Kier molecular flexibility index (Phi) is 2.76. The van der Waals surface area contributed by atoms with Crippen molar-refractivity contribution in [3.05, 3.63) is 35.4 Å². The normalized spacial score (nSPS) is 40.1. The Morgan fingerprint density at radius 1 is 0.789 bits per heavy atom. The topological polar surface area (TPSA) is 0 Å². The van der Waals surface area contributed by atoms with Crippen LogP contribution in [0, 0.1) is 23.7 Å². The highest BCUT2D eigenvalue weighted by molar-refractivity contribution is 5.29. The van der Waals surface area contributed by atoms with Crippen LogP contribution in [0.5, 0.6) is 0 Å².